The van der Waals surface area contributed by atoms with Gasteiger partial charge in [-0.25, -0.2) is 4.98 Å². The van der Waals surface area contributed by atoms with Gasteiger partial charge < -0.3 is 14.6 Å². The summed E-state index contributed by atoms with van der Waals surface area (Å²) in [7, 11) is 3.59. The summed E-state index contributed by atoms with van der Waals surface area (Å²) < 4.78 is 8.84. The molecule has 0 spiro atoms. The lowest BCUT2D eigenvalue weighted by atomic mass is 10.4. The molecule has 17 heavy (non-hydrogen) atoms. The molecule has 0 unspecified atom stereocenters. The predicted molar refractivity (Wildman–Crippen MR) is 65.3 cm³/mol. The first-order chi connectivity index (χ1) is 8.20. The molecular formula is C11H17N5O. The number of hydrogen-bond donors (Lipinski definition) is 1. The number of aromatic nitrogens is 4. The van der Waals surface area contributed by atoms with Crippen molar-refractivity contribution in [3.05, 3.63) is 24.3 Å². The Labute approximate surface area is 100 Å². The molecule has 6 nitrogen and oxygen atoms in total. The minimum Gasteiger partial charge on any atom is -0.383 e. The van der Waals surface area contributed by atoms with E-state index >= 15 is 0 Å². The second-order valence-corrected chi connectivity index (χ2v) is 3.86. The molecule has 0 saturated heterocycles. The molecule has 6 heteroatoms. The SMILES string of the molecule is COCCn1ccnc1Nc1cn(C)nc1C. The Kier molecular flexibility index (Phi) is 3.43. The molecule has 2 aromatic rings. The number of nitrogens with zero attached hydrogens (tertiary/aromatic N) is 4. The second-order valence-electron chi connectivity index (χ2n) is 3.86. The molecule has 0 radical (unpaired) electrons. The predicted octanol–water partition coefficient (Wildman–Crippen LogP) is 1.32. The number of aryl methyl sites for hydroxylation is 2. The van der Waals surface area contributed by atoms with Crippen molar-refractivity contribution in [1.29, 1.82) is 0 Å². The van der Waals surface area contributed by atoms with Gasteiger partial charge in [0, 0.05) is 39.3 Å². The van der Waals surface area contributed by atoms with E-state index in [9.17, 15) is 0 Å². The lowest BCUT2D eigenvalue weighted by Gasteiger charge is -2.08. The quantitative estimate of drug-likeness (QED) is 0.849. The Morgan fingerprint density at radius 3 is 2.94 bits per heavy atom. The lowest BCUT2D eigenvalue weighted by molar-refractivity contribution is 0.188. The number of rotatable bonds is 5. The number of nitrogens with one attached hydrogen (secondary N) is 1. The zero-order valence-corrected chi connectivity index (χ0v) is 10.3. The molecule has 2 heterocycles. The average molecular weight is 235 g/mol. The van der Waals surface area contributed by atoms with Gasteiger partial charge in [0.2, 0.25) is 5.95 Å². The first-order valence-corrected chi connectivity index (χ1v) is 5.48. The average Bonchev–Trinajstić information content (AvgIpc) is 2.84. The molecule has 1 N–H and O–H groups in total. The van der Waals surface area contributed by atoms with Crippen LogP contribution < -0.4 is 5.32 Å². The van der Waals surface area contributed by atoms with E-state index in [-0.39, 0.29) is 0 Å². The van der Waals surface area contributed by atoms with Crippen LogP contribution in [-0.2, 0) is 18.3 Å². The third-order valence-electron chi connectivity index (χ3n) is 2.51. The van der Waals surface area contributed by atoms with Crippen LogP contribution >= 0.6 is 0 Å². The van der Waals surface area contributed by atoms with Crippen LogP contribution in [0.4, 0.5) is 11.6 Å². The van der Waals surface area contributed by atoms with Crippen LogP contribution in [0, 0.1) is 6.92 Å². The maximum Gasteiger partial charge on any atom is 0.207 e. The fraction of sp³-hybridized carbons (Fsp3) is 0.455. The molecule has 0 aliphatic rings. The molecule has 0 amide bonds. The van der Waals surface area contributed by atoms with Crippen molar-refractivity contribution in [3.63, 3.8) is 0 Å². The fourth-order valence-electron chi connectivity index (χ4n) is 1.65. The van der Waals surface area contributed by atoms with Crippen molar-refractivity contribution in [2.24, 2.45) is 7.05 Å². The van der Waals surface area contributed by atoms with Gasteiger partial charge in [-0.05, 0) is 6.92 Å². The summed E-state index contributed by atoms with van der Waals surface area (Å²) in [6, 6.07) is 0. The Bertz CT molecular complexity index is 488. The number of hydrogen-bond acceptors (Lipinski definition) is 4. The van der Waals surface area contributed by atoms with E-state index in [2.05, 4.69) is 15.4 Å². The van der Waals surface area contributed by atoms with Gasteiger partial charge in [-0.15, -0.1) is 0 Å². The second kappa shape index (κ2) is 5.01. The molecule has 2 rings (SSSR count). The van der Waals surface area contributed by atoms with E-state index in [1.54, 1.807) is 18.0 Å². The van der Waals surface area contributed by atoms with E-state index in [1.807, 2.05) is 30.9 Å². The highest BCUT2D eigenvalue weighted by atomic mass is 16.5. The lowest BCUT2D eigenvalue weighted by Crippen LogP contribution is -2.07. The first kappa shape index (κ1) is 11.7. The number of imidazole rings is 1. The Morgan fingerprint density at radius 2 is 2.29 bits per heavy atom. The monoisotopic (exact) mass is 235 g/mol. The Morgan fingerprint density at radius 1 is 1.47 bits per heavy atom. The largest absolute Gasteiger partial charge is 0.383 e. The smallest absolute Gasteiger partial charge is 0.207 e. The topological polar surface area (TPSA) is 56.9 Å². The van der Waals surface area contributed by atoms with E-state index in [0.717, 1.165) is 23.9 Å². The zero-order valence-electron chi connectivity index (χ0n) is 10.3. The molecule has 0 aromatic carbocycles. The van der Waals surface area contributed by atoms with Gasteiger partial charge in [0.15, 0.2) is 0 Å². The van der Waals surface area contributed by atoms with Gasteiger partial charge >= 0.3 is 0 Å². The third-order valence-corrected chi connectivity index (χ3v) is 2.51. The van der Waals surface area contributed by atoms with Gasteiger partial charge in [0.05, 0.1) is 18.0 Å². The molecular weight excluding hydrogens is 218 g/mol. The minimum absolute atomic E-state index is 0.664. The molecule has 0 bridgehead atoms. The fourth-order valence-corrected chi connectivity index (χ4v) is 1.65. The standard InChI is InChI=1S/C11H17N5O/c1-9-10(8-15(2)14-9)13-11-12-4-5-16(11)6-7-17-3/h4-5,8H,6-7H2,1-3H3,(H,12,13). The van der Waals surface area contributed by atoms with Gasteiger partial charge in [0.25, 0.3) is 0 Å². The van der Waals surface area contributed by atoms with E-state index in [0.29, 0.717) is 6.61 Å². The van der Waals surface area contributed by atoms with Crippen LogP contribution in [0.5, 0.6) is 0 Å². The highest BCUT2D eigenvalue weighted by Crippen LogP contribution is 2.17. The summed E-state index contributed by atoms with van der Waals surface area (Å²) in [5, 5.41) is 7.54. The molecule has 92 valence electrons. The highest BCUT2D eigenvalue weighted by molar-refractivity contribution is 5.55. The number of methoxy groups -OCH3 is 1. The summed E-state index contributed by atoms with van der Waals surface area (Å²) in [6.07, 6.45) is 5.63. The van der Waals surface area contributed by atoms with Crippen LogP contribution in [-0.4, -0.2) is 33.0 Å². The summed E-state index contributed by atoms with van der Waals surface area (Å²) in [6.45, 7) is 3.40. The van der Waals surface area contributed by atoms with Crippen molar-refractivity contribution in [2.75, 3.05) is 19.0 Å². The maximum atomic E-state index is 5.06. The number of ether oxygens (including phenoxy) is 1. The van der Waals surface area contributed by atoms with E-state index in [1.165, 1.54) is 0 Å². The van der Waals surface area contributed by atoms with Gasteiger partial charge in [-0.2, -0.15) is 5.10 Å². The van der Waals surface area contributed by atoms with Crippen molar-refractivity contribution in [1.82, 2.24) is 19.3 Å². The van der Waals surface area contributed by atoms with Crippen LogP contribution in [0.15, 0.2) is 18.6 Å². The van der Waals surface area contributed by atoms with Crippen molar-refractivity contribution in [3.8, 4) is 0 Å². The molecule has 0 saturated carbocycles. The van der Waals surface area contributed by atoms with Crippen LogP contribution in [0.3, 0.4) is 0 Å². The molecule has 2 aromatic heterocycles. The summed E-state index contributed by atoms with van der Waals surface area (Å²) in [4.78, 5) is 4.27. The first-order valence-electron chi connectivity index (χ1n) is 5.48. The summed E-state index contributed by atoms with van der Waals surface area (Å²) in [5.41, 5.74) is 1.92. The maximum absolute atomic E-state index is 5.06. The summed E-state index contributed by atoms with van der Waals surface area (Å²) in [5.74, 6) is 0.804. The summed E-state index contributed by atoms with van der Waals surface area (Å²) >= 11 is 0. The van der Waals surface area contributed by atoms with Gasteiger partial charge in [-0.1, -0.05) is 0 Å². The number of anilines is 2. The minimum atomic E-state index is 0.664. The highest BCUT2D eigenvalue weighted by Gasteiger charge is 2.07. The van der Waals surface area contributed by atoms with Crippen molar-refractivity contribution >= 4 is 11.6 Å². The van der Waals surface area contributed by atoms with Crippen molar-refractivity contribution in [2.45, 2.75) is 13.5 Å². The molecule has 0 aliphatic heterocycles. The molecule has 0 fully saturated rings. The van der Waals surface area contributed by atoms with E-state index in [4.69, 9.17) is 4.74 Å². The molecule has 0 aliphatic carbocycles. The van der Waals surface area contributed by atoms with Crippen LogP contribution in [0.2, 0.25) is 0 Å². The Balaban J connectivity index is 2.13. The zero-order chi connectivity index (χ0) is 12.3. The third kappa shape index (κ3) is 2.65. The van der Waals surface area contributed by atoms with Gasteiger partial charge in [0.1, 0.15) is 0 Å². The Hall–Kier alpha value is -1.82. The van der Waals surface area contributed by atoms with Gasteiger partial charge in [-0.3, -0.25) is 4.68 Å². The van der Waals surface area contributed by atoms with Crippen molar-refractivity contribution < 1.29 is 4.74 Å². The van der Waals surface area contributed by atoms with E-state index < -0.39 is 0 Å². The normalized spacial score (nSPS) is 10.8. The van der Waals surface area contributed by atoms with Crippen LogP contribution in [0.25, 0.3) is 0 Å². The van der Waals surface area contributed by atoms with Crippen LogP contribution in [0.1, 0.15) is 5.69 Å². The molecule has 0 atom stereocenters.